The summed E-state index contributed by atoms with van der Waals surface area (Å²) in [4.78, 5) is 19.2. The number of nitrogens with zero attached hydrogens (tertiary/aromatic N) is 3. The van der Waals surface area contributed by atoms with E-state index in [2.05, 4.69) is 9.47 Å². The van der Waals surface area contributed by atoms with Crippen LogP contribution >= 0.6 is 11.3 Å². The Morgan fingerprint density at radius 3 is 2.45 bits per heavy atom. The number of hydrogen-bond acceptors (Lipinski definition) is 5. The second-order valence-corrected chi connectivity index (χ2v) is 11.7. The van der Waals surface area contributed by atoms with Gasteiger partial charge in [0.05, 0.1) is 17.1 Å². The van der Waals surface area contributed by atoms with E-state index >= 15 is 0 Å². The maximum absolute atomic E-state index is 13.6. The highest BCUT2D eigenvalue weighted by Gasteiger charge is 2.36. The molecular weight excluding hydrogens is 406 g/mol. The SMILES string of the molecule is O=C(c1c(-n2cccc2)sc2c1CCCC2)N1CCN([C@H]2CCS(=O)(=O)C2)CC1. The summed E-state index contributed by atoms with van der Waals surface area (Å²) in [6.45, 7) is 2.87. The van der Waals surface area contributed by atoms with Crippen molar-refractivity contribution in [1.82, 2.24) is 14.4 Å². The van der Waals surface area contributed by atoms with Gasteiger partial charge in [-0.3, -0.25) is 9.69 Å². The molecule has 2 fully saturated rings. The summed E-state index contributed by atoms with van der Waals surface area (Å²) in [5.41, 5.74) is 2.16. The summed E-state index contributed by atoms with van der Waals surface area (Å²) in [6.07, 6.45) is 9.19. The number of piperazine rings is 1. The molecule has 8 heteroatoms. The Balaban J connectivity index is 1.36. The number of rotatable bonds is 3. The van der Waals surface area contributed by atoms with Gasteiger partial charge >= 0.3 is 0 Å². The summed E-state index contributed by atoms with van der Waals surface area (Å²) >= 11 is 1.77. The van der Waals surface area contributed by atoms with E-state index in [9.17, 15) is 13.2 Å². The lowest BCUT2D eigenvalue weighted by Crippen LogP contribution is -2.52. The van der Waals surface area contributed by atoms with Crippen LogP contribution in [-0.4, -0.2) is 72.4 Å². The van der Waals surface area contributed by atoms with Gasteiger partial charge in [0.25, 0.3) is 5.91 Å². The summed E-state index contributed by atoms with van der Waals surface area (Å²) in [5, 5.41) is 1.05. The first-order valence-electron chi connectivity index (χ1n) is 10.5. The average molecular weight is 434 g/mol. The fourth-order valence-electron chi connectivity index (χ4n) is 4.94. The van der Waals surface area contributed by atoms with E-state index in [4.69, 9.17) is 0 Å². The van der Waals surface area contributed by atoms with E-state index in [1.165, 1.54) is 16.9 Å². The minimum atomic E-state index is -2.87. The maximum atomic E-state index is 13.6. The van der Waals surface area contributed by atoms with Crippen molar-refractivity contribution in [2.45, 2.75) is 38.1 Å². The van der Waals surface area contributed by atoms with Crippen molar-refractivity contribution in [2.24, 2.45) is 0 Å². The number of carbonyl (C=O) groups is 1. The Morgan fingerprint density at radius 1 is 1.03 bits per heavy atom. The number of aryl methyl sites for hydroxylation is 1. The van der Waals surface area contributed by atoms with Crippen LogP contribution in [0.3, 0.4) is 0 Å². The van der Waals surface area contributed by atoms with Gasteiger partial charge in [0.1, 0.15) is 5.00 Å². The molecule has 5 rings (SSSR count). The first kappa shape index (κ1) is 19.3. The summed E-state index contributed by atoms with van der Waals surface area (Å²) < 4.78 is 25.7. The van der Waals surface area contributed by atoms with E-state index < -0.39 is 9.84 Å². The molecule has 1 atom stereocenters. The number of fused-ring (bicyclic) bond motifs is 1. The zero-order chi connectivity index (χ0) is 20.0. The molecule has 2 saturated heterocycles. The summed E-state index contributed by atoms with van der Waals surface area (Å²) in [5.74, 6) is 0.723. The van der Waals surface area contributed by atoms with Crippen molar-refractivity contribution in [2.75, 3.05) is 37.7 Å². The van der Waals surface area contributed by atoms with Crippen molar-refractivity contribution in [3.8, 4) is 5.00 Å². The van der Waals surface area contributed by atoms with Crippen LogP contribution in [0.1, 0.15) is 40.1 Å². The normalized spacial score (nSPS) is 24.6. The van der Waals surface area contributed by atoms with Gasteiger partial charge in [-0.25, -0.2) is 8.42 Å². The van der Waals surface area contributed by atoms with E-state index in [1.807, 2.05) is 29.4 Å². The van der Waals surface area contributed by atoms with Gasteiger partial charge in [-0.05, 0) is 49.8 Å². The number of aromatic nitrogens is 1. The van der Waals surface area contributed by atoms with Crippen LogP contribution in [0.5, 0.6) is 0 Å². The molecule has 156 valence electrons. The Kier molecular flexibility index (Phi) is 5.04. The summed E-state index contributed by atoms with van der Waals surface area (Å²) in [7, 11) is -2.87. The molecule has 0 N–H and O–H groups in total. The van der Waals surface area contributed by atoms with Gasteiger partial charge in [-0.2, -0.15) is 0 Å². The Labute approximate surface area is 176 Å². The largest absolute Gasteiger partial charge is 0.336 e. The van der Waals surface area contributed by atoms with Gasteiger partial charge in [0.15, 0.2) is 9.84 Å². The predicted molar refractivity (Wildman–Crippen MR) is 115 cm³/mol. The van der Waals surface area contributed by atoms with E-state index in [-0.39, 0.29) is 17.7 Å². The van der Waals surface area contributed by atoms with Gasteiger partial charge in [-0.1, -0.05) is 0 Å². The van der Waals surface area contributed by atoms with Gasteiger partial charge in [0.2, 0.25) is 0 Å². The van der Waals surface area contributed by atoms with E-state index in [0.717, 1.165) is 49.3 Å². The van der Waals surface area contributed by atoms with Crippen LogP contribution in [0, 0.1) is 0 Å². The lowest BCUT2D eigenvalue weighted by Gasteiger charge is -2.37. The molecule has 4 heterocycles. The zero-order valence-electron chi connectivity index (χ0n) is 16.5. The number of carbonyl (C=O) groups excluding carboxylic acids is 1. The molecule has 29 heavy (non-hydrogen) atoms. The molecule has 0 radical (unpaired) electrons. The molecule has 0 unspecified atom stereocenters. The topological polar surface area (TPSA) is 62.6 Å². The van der Waals surface area contributed by atoms with Crippen LogP contribution in [0.15, 0.2) is 24.5 Å². The van der Waals surface area contributed by atoms with Crippen LogP contribution in [0.2, 0.25) is 0 Å². The maximum Gasteiger partial charge on any atom is 0.257 e. The molecule has 6 nitrogen and oxygen atoms in total. The standard InChI is InChI=1S/C21H27N3O3S2/c25-20(23-12-10-22(11-13-23)16-7-14-29(26,27)15-16)19-17-5-1-2-6-18(17)28-21(19)24-8-3-4-9-24/h3-4,8-9,16H,1-2,5-7,10-15H2/t16-/m0/s1. The van der Waals surface area contributed by atoms with E-state index in [0.29, 0.717) is 18.8 Å². The fourth-order valence-corrected chi connectivity index (χ4v) is 8.04. The highest BCUT2D eigenvalue weighted by Crippen LogP contribution is 2.37. The Hall–Kier alpha value is -1.64. The Bertz CT molecular complexity index is 1000. The van der Waals surface area contributed by atoms with Crippen LogP contribution in [-0.2, 0) is 22.7 Å². The third-order valence-corrected chi connectivity index (χ3v) is 9.59. The molecule has 0 spiro atoms. The number of thiophene rings is 1. The van der Waals surface area contributed by atoms with Crippen molar-refractivity contribution in [3.05, 3.63) is 40.5 Å². The monoisotopic (exact) mass is 433 g/mol. The van der Waals surface area contributed by atoms with Crippen LogP contribution in [0.4, 0.5) is 0 Å². The first-order valence-corrected chi connectivity index (χ1v) is 13.2. The molecule has 0 bridgehead atoms. The quantitative estimate of drug-likeness (QED) is 0.746. The Morgan fingerprint density at radius 2 is 1.76 bits per heavy atom. The van der Waals surface area contributed by atoms with Crippen molar-refractivity contribution >= 4 is 27.1 Å². The molecule has 3 aliphatic rings. The van der Waals surface area contributed by atoms with Crippen molar-refractivity contribution in [1.29, 1.82) is 0 Å². The second-order valence-electron chi connectivity index (χ2n) is 8.37. The lowest BCUT2D eigenvalue weighted by atomic mass is 9.95. The van der Waals surface area contributed by atoms with Gasteiger partial charge in [0, 0.05) is 49.5 Å². The first-order chi connectivity index (χ1) is 14.0. The highest BCUT2D eigenvalue weighted by atomic mass is 32.2. The molecular formula is C21H27N3O3S2. The molecule has 2 aromatic heterocycles. The minimum Gasteiger partial charge on any atom is -0.336 e. The lowest BCUT2D eigenvalue weighted by molar-refractivity contribution is 0.0587. The number of sulfone groups is 1. The predicted octanol–water partition coefficient (Wildman–Crippen LogP) is 2.36. The molecule has 1 aliphatic carbocycles. The molecule has 2 aromatic rings. The number of amides is 1. The van der Waals surface area contributed by atoms with Gasteiger partial charge in [-0.15, -0.1) is 11.3 Å². The minimum absolute atomic E-state index is 0.126. The molecule has 1 amide bonds. The molecule has 2 aliphatic heterocycles. The fraction of sp³-hybridized carbons (Fsp3) is 0.571. The highest BCUT2D eigenvalue weighted by molar-refractivity contribution is 7.91. The third-order valence-electron chi connectivity index (χ3n) is 6.53. The van der Waals surface area contributed by atoms with Crippen molar-refractivity contribution < 1.29 is 13.2 Å². The van der Waals surface area contributed by atoms with Crippen LogP contribution < -0.4 is 0 Å². The smallest absolute Gasteiger partial charge is 0.257 e. The van der Waals surface area contributed by atoms with Gasteiger partial charge < -0.3 is 9.47 Å². The summed E-state index contributed by atoms with van der Waals surface area (Å²) in [6, 6.07) is 4.13. The van der Waals surface area contributed by atoms with Crippen LogP contribution in [0.25, 0.3) is 5.00 Å². The van der Waals surface area contributed by atoms with Crippen molar-refractivity contribution in [3.63, 3.8) is 0 Å². The van der Waals surface area contributed by atoms with E-state index in [1.54, 1.807) is 11.3 Å². The number of hydrogen-bond donors (Lipinski definition) is 0. The molecule has 0 aromatic carbocycles. The second kappa shape index (κ2) is 7.56. The molecule has 0 saturated carbocycles. The average Bonchev–Trinajstić information content (AvgIpc) is 3.45. The third kappa shape index (κ3) is 3.66. The zero-order valence-corrected chi connectivity index (χ0v) is 18.2.